The minimum absolute atomic E-state index is 0.0794. The van der Waals surface area contributed by atoms with Crippen molar-refractivity contribution >= 4 is 27.5 Å². The van der Waals surface area contributed by atoms with Crippen molar-refractivity contribution in [3.63, 3.8) is 0 Å². The molecule has 0 spiro atoms. The van der Waals surface area contributed by atoms with Gasteiger partial charge in [-0.1, -0.05) is 16.5 Å². The first-order valence-corrected chi connectivity index (χ1v) is 6.90. The van der Waals surface area contributed by atoms with Gasteiger partial charge in [0, 0.05) is 11.6 Å². The van der Waals surface area contributed by atoms with Crippen LogP contribution in [0.2, 0.25) is 5.02 Å². The highest BCUT2D eigenvalue weighted by atomic mass is 35.5. The van der Waals surface area contributed by atoms with E-state index in [4.69, 9.17) is 16.8 Å². The van der Waals surface area contributed by atoms with Crippen LogP contribution in [0.3, 0.4) is 0 Å². The maximum absolute atomic E-state index is 11.7. The lowest BCUT2D eigenvalue weighted by atomic mass is 10.2. The lowest BCUT2D eigenvalue weighted by Gasteiger charge is -2.10. The Morgan fingerprint density at radius 3 is 2.50 bits per heavy atom. The van der Waals surface area contributed by atoms with Gasteiger partial charge < -0.3 is 10.5 Å². The lowest BCUT2D eigenvalue weighted by Crippen LogP contribution is -2.30. The summed E-state index contributed by atoms with van der Waals surface area (Å²) in [6.45, 7) is 3.56. The van der Waals surface area contributed by atoms with Crippen LogP contribution in [0.4, 0.5) is 0 Å². The summed E-state index contributed by atoms with van der Waals surface area (Å²) in [5, 5.41) is 11.1. The molecule has 0 aliphatic heterocycles. The van der Waals surface area contributed by atoms with Crippen molar-refractivity contribution in [3.8, 4) is 0 Å². The first-order chi connectivity index (χ1) is 8.27. The highest BCUT2D eigenvalue weighted by molar-refractivity contribution is 7.89. The number of rotatable bonds is 4. The summed E-state index contributed by atoms with van der Waals surface area (Å²) < 4.78 is 22.9. The summed E-state index contributed by atoms with van der Waals surface area (Å²) in [6.07, 6.45) is 0. The average Bonchev–Trinajstić information content (AvgIpc) is 2.28. The SMILES string of the molecule is CC(C)NC(=O)c1ccc(Cl)c(S(=O)(=O)NO)c1. The molecule has 8 heteroatoms. The van der Waals surface area contributed by atoms with Crippen LogP contribution in [0.5, 0.6) is 0 Å². The monoisotopic (exact) mass is 292 g/mol. The van der Waals surface area contributed by atoms with Gasteiger partial charge in [0.25, 0.3) is 15.9 Å². The molecular weight excluding hydrogens is 280 g/mol. The molecule has 0 fully saturated rings. The average molecular weight is 293 g/mol. The van der Waals surface area contributed by atoms with E-state index >= 15 is 0 Å². The van der Waals surface area contributed by atoms with Crippen molar-refractivity contribution in [3.05, 3.63) is 28.8 Å². The number of hydrogen-bond donors (Lipinski definition) is 3. The molecule has 0 radical (unpaired) electrons. The van der Waals surface area contributed by atoms with E-state index in [0.717, 1.165) is 11.0 Å². The Balaban J connectivity index is 3.21. The van der Waals surface area contributed by atoms with E-state index in [1.165, 1.54) is 12.1 Å². The summed E-state index contributed by atoms with van der Waals surface area (Å²) in [6, 6.07) is 3.69. The topological polar surface area (TPSA) is 95.5 Å². The number of carbonyl (C=O) groups is 1. The number of hydrogen-bond acceptors (Lipinski definition) is 4. The Morgan fingerprint density at radius 2 is 2.00 bits per heavy atom. The highest BCUT2D eigenvalue weighted by Crippen LogP contribution is 2.22. The Bertz CT molecular complexity index is 557. The molecule has 0 saturated carbocycles. The predicted molar refractivity (Wildman–Crippen MR) is 66.2 cm³/mol. The molecule has 1 aromatic rings. The molecule has 1 rings (SSSR count). The normalized spacial score (nSPS) is 11.6. The summed E-state index contributed by atoms with van der Waals surface area (Å²) >= 11 is 5.71. The summed E-state index contributed by atoms with van der Waals surface area (Å²) in [5.41, 5.74) is 0.141. The minimum Gasteiger partial charge on any atom is -0.350 e. The van der Waals surface area contributed by atoms with Crippen LogP contribution in [0.25, 0.3) is 0 Å². The van der Waals surface area contributed by atoms with E-state index in [2.05, 4.69) is 5.32 Å². The molecule has 18 heavy (non-hydrogen) atoms. The van der Waals surface area contributed by atoms with Crippen LogP contribution in [0.15, 0.2) is 23.1 Å². The summed E-state index contributed by atoms with van der Waals surface area (Å²) in [4.78, 5) is 12.5. The third-order valence-corrected chi connectivity index (χ3v) is 3.62. The molecule has 0 bridgehead atoms. The molecule has 1 aromatic carbocycles. The largest absolute Gasteiger partial charge is 0.350 e. The first-order valence-electron chi connectivity index (χ1n) is 5.04. The van der Waals surface area contributed by atoms with Crippen molar-refractivity contribution in [2.24, 2.45) is 0 Å². The number of amides is 1. The van der Waals surface area contributed by atoms with Gasteiger partial charge in [0.05, 0.1) is 5.02 Å². The molecule has 0 aromatic heterocycles. The molecule has 0 aliphatic rings. The third kappa shape index (κ3) is 3.42. The van der Waals surface area contributed by atoms with Crippen molar-refractivity contribution in [1.82, 2.24) is 10.2 Å². The number of nitrogens with one attached hydrogen (secondary N) is 2. The quantitative estimate of drug-likeness (QED) is 0.725. The molecule has 0 unspecified atom stereocenters. The summed E-state index contributed by atoms with van der Waals surface area (Å²) in [5.74, 6) is -0.420. The number of sulfonamides is 1. The molecule has 0 aliphatic carbocycles. The van der Waals surface area contributed by atoms with Crippen molar-refractivity contribution in [2.75, 3.05) is 0 Å². The molecule has 0 saturated heterocycles. The van der Waals surface area contributed by atoms with E-state index < -0.39 is 15.9 Å². The number of carbonyl (C=O) groups excluding carboxylic acids is 1. The fourth-order valence-corrected chi connectivity index (χ4v) is 2.37. The standard InChI is InChI=1S/C10H13ClN2O4S/c1-6(2)12-10(14)7-3-4-8(11)9(5-7)18(16,17)13-15/h3-6,13,15H,1-2H3,(H,12,14). The van der Waals surface area contributed by atoms with Crippen molar-refractivity contribution in [1.29, 1.82) is 0 Å². The second-order valence-electron chi connectivity index (χ2n) is 3.87. The van der Waals surface area contributed by atoms with Gasteiger partial charge in [-0.25, -0.2) is 8.42 Å². The Morgan fingerprint density at radius 1 is 1.39 bits per heavy atom. The van der Waals surface area contributed by atoms with Gasteiger partial charge in [0.1, 0.15) is 4.90 Å². The highest BCUT2D eigenvalue weighted by Gasteiger charge is 2.19. The van der Waals surface area contributed by atoms with Crippen LogP contribution >= 0.6 is 11.6 Å². The molecule has 100 valence electrons. The zero-order valence-electron chi connectivity index (χ0n) is 9.77. The predicted octanol–water partition coefficient (Wildman–Crippen LogP) is 1.15. The lowest BCUT2D eigenvalue weighted by molar-refractivity contribution is 0.0943. The van der Waals surface area contributed by atoms with Crippen molar-refractivity contribution < 1.29 is 18.4 Å². The minimum atomic E-state index is -4.12. The first kappa shape index (κ1) is 14.9. The fourth-order valence-electron chi connectivity index (χ4n) is 1.25. The van der Waals surface area contributed by atoms with Gasteiger partial charge >= 0.3 is 0 Å². The van der Waals surface area contributed by atoms with Gasteiger partial charge in [-0.05, 0) is 32.0 Å². The van der Waals surface area contributed by atoms with Gasteiger partial charge in [0.2, 0.25) is 0 Å². The van der Waals surface area contributed by atoms with Crippen LogP contribution < -0.4 is 10.2 Å². The third-order valence-electron chi connectivity index (χ3n) is 2.02. The van der Waals surface area contributed by atoms with Crippen LogP contribution in [0, 0.1) is 0 Å². The molecule has 3 N–H and O–H groups in total. The molecule has 6 nitrogen and oxygen atoms in total. The number of halogens is 1. The maximum Gasteiger partial charge on any atom is 0.263 e. The van der Waals surface area contributed by atoms with Crippen LogP contribution in [-0.4, -0.2) is 25.6 Å². The Kier molecular flexibility index (Phi) is 4.69. The van der Waals surface area contributed by atoms with Crippen LogP contribution in [-0.2, 0) is 10.0 Å². The van der Waals surface area contributed by atoms with E-state index in [1.807, 2.05) is 0 Å². The molecular formula is C10H13ClN2O4S. The van der Waals surface area contributed by atoms with Crippen LogP contribution in [0.1, 0.15) is 24.2 Å². The van der Waals surface area contributed by atoms with Gasteiger partial charge in [0.15, 0.2) is 0 Å². The zero-order chi connectivity index (χ0) is 13.9. The van der Waals surface area contributed by atoms with Crippen molar-refractivity contribution in [2.45, 2.75) is 24.8 Å². The smallest absolute Gasteiger partial charge is 0.263 e. The van der Waals surface area contributed by atoms with Gasteiger partial charge in [-0.3, -0.25) is 4.79 Å². The molecule has 0 atom stereocenters. The van der Waals surface area contributed by atoms with E-state index in [0.29, 0.717) is 0 Å². The molecule has 1 amide bonds. The summed E-state index contributed by atoms with van der Waals surface area (Å²) in [7, 11) is -4.12. The van der Waals surface area contributed by atoms with E-state index in [-0.39, 0.29) is 21.5 Å². The van der Waals surface area contributed by atoms with Gasteiger partial charge in [-0.15, -0.1) is 0 Å². The second-order valence-corrected chi connectivity index (χ2v) is 5.90. The Labute approximate surface area is 110 Å². The Hall–Kier alpha value is -1.15. The second kappa shape index (κ2) is 5.66. The zero-order valence-corrected chi connectivity index (χ0v) is 11.3. The number of benzene rings is 1. The maximum atomic E-state index is 11.7. The molecule has 0 heterocycles. The fraction of sp³-hybridized carbons (Fsp3) is 0.300. The van der Waals surface area contributed by atoms with E-state index in [1.54, 1.807) is 13.8 Å². The van der Waals surface area contributed by atoms with Gasteiger partial charge in [-0.2, -0.15) is 0 Å². The van der Waals surface area contributed by atoms with E-state index in [9.17, 15) is 13.2 Å².